The molecule has 28 heavy (non-hydrogen) atoms. The zero-order valence-electron chi connectivity index (χ0n) is 16.2. The van der Waals surface area contributed by atoms with E-state index in [9.17, 15) is 9.59 Å². The monoisotopic (exact) mass is 397 g/mol. The first-order valence-corrected chi connectivity index (χ1v) is 11.1. The molecule has 1 N–H and O–H groups in total. The molecule has 1 atom stereocenters. The van der Waals surface area contributed by atoms with Crippen LogP contribution in [0.3, 0.4) is 0 Å². The lowest BCUT2D eigenvalue weighted by molar-refractivity contribution is -0.125. The van der Waals surface area contributed by atoms with Crippen LogP contribution in [-0.2, 0) is 24.2 Å². The number of likely N-dealkylation sites (tertiary alicyclic amines) is 1. The lowest BCUT2D eigenvalue weighted by atomic mass is 9.87. The third kappa shape index (κ3) is 4.43. The van der Waals surface area contributed by atoms with Crippen molar-refractivity contribution in [3.63, 3.8) is 0 Å². The molecule has 1 aliphatic carbocycles. The Hall–Kier alpha value is -2.21. The van der Waals surface area contributed by atoms with Gasteiger partial charge in [0.15, 0.2) is 0 Å². The van der Waals surface area contributed by atoms with E-state index in [4.69, 9.17) is 0 Å². The molecule has 0 aromatic carbocycles. The standard InChI is InChI=1S/C22H27N3O2S/c26-21(24-15-18-7-3-4-10-23-18)16-8-9-19-17(13-16)14-20(28-19)22(27)25-11-5-1-2-6-12-25/h3-4,7,10,14,16H,1-2,5-6,8-9,11-13,15H2,(H,24,26). The van der Waals surface area contributed by atoms with Crippen LogP contribution in [0.1, 0.15) is 57.9 Å². The number of aromatic nitrogens is 1. The van der Waals surface area contributed by atoms with Crippen LogP contribution in [0.15, 0.2) is 30.5 Å². The molecule has 148 valence electrons. The van der Waals surface area contributed by atoms with Crippen LogP contribution < -0.4 is 5.32 Å². The summed E-state index contributed by atoms with van der Waals surface area (Å²) in [7, 11) is 0. The maximum Gasteiger partial charge on any atom is 0.263 e. The number of thiophene rings is 1. The highest BCUT2D eigenvalue weighted by Gasteiger charge is 2.28. The van der Waals surface area contributed by atoms with Gasteiger partial charge in [0, 0.05) is 30.1 Å². The summed E-state index contributed by atoms with van der Waals surface area (Å²) in [5.41, 5.74) is 2.06. The normalized spacial score (nSPS) is 19.6. The SMILES string of the molecule is O=C(NCc1ccccn1)C1CCc2sc(C(=O)N3CCCCCC3)cc2C1. The molecule has 1 unspecified atom stereocenters. The molecule has 5 nitrogen and oxygen atoms in total. The fourth-order valence-electron chi connectivity index (χ4n) is 4.11. The number of hydrogen-bond donors (Lipinski definition) is 1. The highest BCUT2D eigenvalue weighted by molar-refractivity contribution is 7.14. The highest BCUT2D eigenvalue weighted by atomic mass is 32.1. The van der Waals surface area contributed by atoms with Gasteiger partial charge < -0.3 is 10.2 Å². The predicted molar refractivity (Wildman–Crippen MR) is 110 cm³/mol. The van der Waals surface area contributed by atoms with Gasteiger partial charge in [-0.25, -0.2) is 0 Å². The van der Waals surface area contributed by atoms with Crippen LogP contribution in [0.5, 0.6) is 0 Å². The zero-order chi connectivity index (χ0) is 19.3. The quantitative estimate of drug-likeness (QED) is 0.858. The first-order chi connectivity index (χ1) is 13.7. The Balaban J connectivity index is 1.37. The number of hydrogen-bond acceptors (Lipinski definition) is 4. The predicted octanol–water partition coefficient (Wildman–Crippen LogP) is 3.58. The topological polar surface area (TPSA) is 62.3 Å². The molecule has 2 amide bonds. The number of amides is 2. The van der Waals surface area contributed by atoms with Gasteiger partial charge in [-0.3, -0.25) is 14.6 Å². The first-order valence-electron chi connectivity index (χ1n) is 10.3. The Morgan fingerprint density at radius 1 is 1.18 bits per heavy atom. The van der Waals surface area contributed by atoms with Gasteiger partial charge in [0.05, 0.1) is 17.1 Å². The second-order valence-electron chi connectivity index (χ2n) is 7.74. The fraction of sp³-hybridized carbons (Fsp3) is 0.500. The second kappa shape index (κ2) is 8.86. The van der Waals surface area contributed by atoms with Crippen molar-refractivity contribution in [2.45, 2.75) is 51.5 Å². The van der Waals surface area contributed by atoms with Crippen LogP contribution in [-0.4, -0.2) is 34.8 Å². The number of nitrogens with one attached hydrogen (secondary N) is 1. The first kappa shape index (κ1) is 19.1. The minimum atomic E-state index is -0.0213. The van der Waals surface area contributed by atoms with E-state index in [1.807, 2.05) is 29.2 Å². The minimum absolute atomic E-state index is 0.0213. The fourth-order valence-corrected chi connectivity index (χ4v) is 5.28. The number of fused-ring (bicyclic) bond motifs is 1. The van der Waals surface area contributed by atoms with Gasteiger partial charge in [0.2, 0.25) is 5.91 Å². The van der Waals surface area contributed by atoms with Crippen molar-refractivity contribution in [2.75, 3.05) is 13.1 Å². The van der Waals surface area contributed by atoms with Crippen LogP contribution in [0.25, 0.3) is 0 Å². The summed E-state index contributed by atoms with van der Waals surface area (Å²) < 4.78 is 0. The summed E-state index contributed by atoms with van der Waals surface area (Å²) in [4.78, 5) is 33.9. The van der Waals surface area contributed by atoms with E-state index in [2.05, 4.69) is 10.3 Å². The van der Waals surface area contributed by atoms with Crippen LogP contribution in [0, 0.1) is 5.92 Å². The molecule has 0 spiro atoms. The van der Waals surface area contributed by atoms with Crippen LogP contribution in [0.2, 0.25) is 0 Å². The van der Waals surface area contributed by atoms with Crippen molar-refractivity contribution >= 4 is 23.2 Å². The Bertz CT molecular complexity index is 826. The summed E-state index contributed by atoms with van der Waals surface area (Å²) >= 11 is 1.63. The Labute approximate surface area is 170 Å². The van der Waals surface area contributed by atoms with E-state index in [1.165, 1.54) is 23.3 Å². The zero-order valence-corrected chi connectivity index (χ0v) is 17.0. The average Bonchev–Trinajstić information content (AvgIpc) is 2.97. The molecule has 1 fully saturated rings. The second-order valence-corrected chi connectivity index (χ2v) is 8.88. The molecule has 1 aliphatic heterocycles. The Kier molecular flexibility index (Phi) is 6.05. The average molecular weight is 398 g/mol. The Morgan fingerprint density at radius 3 is 2.75 bits per heavy atom. The van der Waals surface area contributed by atoms with E-state index in [0.717, 1.165) is 55.8 Å². The van der Waals surface area contributed by atoms with Gasteiger partial charge in [0.25, 0.3) is 5.91 Å². The minimum Gasteiger partial charge on any atom is -0.350 e. The van der Waals surface area contributed by atoms with Gasteiger partial charge in [-0.05, 0) is 55.9 Å². The van der Waals surface area contributed by atoms with Crippen molar-refractivity contribution in [3.05, 3.63) is 51.5 Å². The largest absolute Gasteiger partial charge is 0.350 e. The summed E-state index contributed by atoms with van der Waals surface area (Å²) in [5.74, 6) is 0.243. The number of aryl methyl sites for hydroxylation is 1. The molecule has 4 rings (SSSR count). The van der Waals surface area contributed by atoms with Crippen molar-refractivity contribution in [3.8, 4) is 0 Å². The molecule has 0 radical (unpaired) electrons. The van der Waals surface area contributed by atoms with E-state index in [0.29, 0.717) is 6.54 Å². The lowest BCUT2D eigenvalue weighted by Crippen LogP contribution is -2.33. The summed E-state index contributed by atoms with van der Waals surface area (Å²) in [6, 6.07) is 7.76. The van der Waals surface area contributed by atoms with E-state index < -0.39 is 0 Å². The molecule has 3 heterocycles. The molecule has 0 saturated carbocycles. The van der Waals surface area contributed by atoms with Gasteiger partial charge in [-0.2, -0.15) is 0 Å². The van der Waals surface area contributed by atoms with Crippen molar-refractivity contribution < 1.29 is 9.59 Å². The van der Waals surface area contributed by atoms with Crippen LogP contribution >= 0.6 is 11.3 Å². The number of pyridine rings is 1. The molecule has 2 aliphatic rings. The summed E-state index contributed by atoms with van der Waals surface area (Å²) in [6.07, 6.45) is 8.86. The van der Waals surface area contributed by atoms with Gasteiger partial charge >= 0.3 is 0 Å². The third-order valence-corrected chi connectivity index (χ3v) is 6.95. The molecular weight excluding hydrogens is 370 g/mol. The number of rotatable bonds is 4. The molecular formula is C22H27N3O2S. The molecule has 1 saturated heterocycles. The van der Waals surface area contributed by atoms with Gasteiger partial charge in [-0.1, -0.05) is 18.9 Å². The van der Waals surface area contributed by atoms with Gasteiger partial charge in [-0.15, -0.1) is 11.3 Å². The number of carbonyl (C=O) groups excluding carboxylic acids is 2. The molecule has 6 heteroatoms. The summed E-state index contributed by atoms with van der Waals surface area (Å²) in [5, 5.41) is 3.01. The molecule has 0 bridgehead atoms. The molecule has 2 aromatic heterocycles. The number of carbonyl (C=O) groups is 2. The Morgan fingerprint density at radius 2 is 2.00 bits per heavy atom. The van der Waals surface area contributed by atoms with E-state index >= 15 is 0 Å². The molecule has 2 aromatic rings. The lowest BCUT2D eigenvalue weighted by Gasteiger charge is -2.21. The maximum atomic E-state index is 12.9. The number of nitrogens with zero attached hydrogens (tertiary/aromatic N) is 2. The smallest absolute Gasteiger partial charge is 0.263 e. The maximum absolute atomic E-state index is 12.9. The van der Waals surface area contributed by atoms with Crippen molar-refractivity contribution in [2.24, 2.45) is 5.92 Å². The third-order valence-electron chi connectivity index (χ3n) is 5.73. The van der Waals surface area contributed by atoms with E-state index in [1.54, 1.807) is 17.5 Å². The van der Waals surface area contributed by atoms with Crippen molar-refractivity contribution in [1.82, 2.24) is 15.2 Å². The van der Waals surface area contributed by atoms with Gasteiger partial charge in [0.1, 0.15) is 0 Å². The van der Waals surface area contributed by atoms with E-state index in [-0.39, 0.29) is 17.7 Å². The van der Waals surface area contributed by atoms with Crippen LogP contribution in [0.4, 0.5) is 0 Å². The van der Waals surface area contributed by atoms with Crippen molar-refractivity contribution in [1.29, 1.82) is 0 Å². The highest BCUT2D eigenvalue weighted by Crippen LogP contribution is 2.33. The summed E-state index contributed by atoms with van der Waals surface area (Å²) in [6.45, 7) is 2.21.